The van der Waals surface area contributed by atoms with E-state index >= 15 is 0 Å². The van der Waals surface area contributed by atoms with Crippen molar-refractivity contribution < 1.29 is 5.11 Å². The molecule has 0 amide bonds. The molecule has 0 unspecified atom stereocenters. The number of pyridine rings is 1. The summed E-state index contributed by atoms with van der Waals surface area (Å²) in [4.78, 5) is 4.81. The number of rotatable bonds is 3. The second-order valence-electron chi connectivity index (χ2n) is 5.83. The van der Waals surface area contributed by atoms with Gasteiger partial charge in [0.05, 0.1) is 11.0 Å². The number of aromatic hydroxyl groups is 1. The third-order valence-electron chi connectivity index (χ3n) is 4.29. The molecule has 26 heavy (non-hydrogen) atoms. The first kappa shape index (κ1) is 16.4. The highest BCUT2D eigenvalue weighted by Gasteiger charge is 2.15. The molecule has 4 rings (SSSR count). The van der Waals surface area contributed by atoms with Gasteiger partial charge in [-0.25, -0.2) is 4.98 Å². The largest absolute Gasteiger partial charge is 0.493 e. The number of fused-ring (bicyclic) bond motifs is 2. The van der Waals surface area contributed by atoms with Gasteiger partial charge in [-0.15, -0.1) is 10.2 Å². The second kappa shape index (κ2) is 6.65. The maximum absolute atomic E-state index is 10.5. The minimum Gasteiger partial charge on any atom is -0.493 e. The van der Waals surface area contributed by atoms with Gasteiger partial charge in [-0.1, -0.05) is 54.7 Å². The average Bonchev–Trinajstić information content (AvgIpc) is 2.96. The maximum atomic E-state index is 10.5. The minimum atomic E-state index is 0.0896. The SMILES string of the molecule is CCn1c(O)c(N=NC(=S)c2ccc3ccccc3n2)c2ccccc21. The van der Waals surface area contributed by atoms with Crippen LogP contribution in [0.25, 0.3) is 21.8 Å². The molecule has 0 spiro atoms. The van der Waals surface area contributed by atoms with Gasteiger partial charge in [-0.05, 0) is 25.1 Å². The molecule has 0 fully saturated rings. The summed E-state index contributed by atoms with van der Waals surface area (Å²) in [7, 11) is 0. The Labute approximate surface area is 155 Å². The summed E-state index contributed by atoms with van der Waals surface area (Å²) in [5, 5.41) is 20.7. The lowest BCUT2D eigenvalue weighted by Gasteiger charge is -2.01. The molecule has 0 aliphatic carbocycles. The average molecular weight is 360 g/mol. The van der Waals surface area contributed by atoms with Crippen LogP contribution in [-0.4, -0.2) is 19.6 Å². The van der Waals surface area contributed by atoms with Gasteiger partial charge < -0.3 is 9.67 Å². The van der Waals surface area contributed by atoms with Crippen molar-refractivity contribution in [1.82, 2.24) is 9.55 Å². The molecule has 128 valence electrons. The van der Waals surface area contributed by atoms with Gasteiger partial charge in [-0.3, -0.25) is 0 Å². The van der Waals surface area contributed by atoms with E-state index in [2.05, 4.69) is 15.2 Å². The smallest absolute Gasteiger partial charge is 0.220 e. The lowest BCUT2D eigenvalue weighted by atomic mass is 10.2. The van der Waals surface area contributed by atoms with Crippen LogP contribution in [0.2, 0.25) is 0 Å². The third kappa shape index (κ3) is 2.74. The number of para-hydroxylation sites is 2. The van der Waals surface area contributed by atoms with Crippen molar-refractivity contribution >= 4 is 44.7 Å². The molecule has 5 nitrogen and oxygen atoms in total. The van der Waals surface area contributed by atoms with E-state index in [1.807, 2.05) is 67.6 Å². The van der Waals surface area contributed by atoms with E-state index in [4.69, 9.17) is 12.2 Å². The molecule has 1 N–H and O–H groups in total. The van der Waals surface area contributed by atoms with Crippen LogP contribution < -0.4 is 0 Å². The lowest BCUT2D eigenvalue weighted by Crippen LogP contribution is -1.96. The lowest BCUT2D eigenvalue weighted by molar-refractivity contribution is 0.427. The molecule has 0 saturated carbocycles. The van der Waals surface area contributed by atoms with Crippen LogP contribution in [0.1, 0.15) is 12.6 Å². The molecular formula is C20H16N4OS. The molecule has 2 aromatic heterocycles. The van der Waals surface area contributed by atoms with Crippen molar-refractivity contribution in [3.8, 4) is 5.88 Å². The molecule has 0 saturated heterocycles. The van der Waals surface area contributed by atoms with Gasteiger partial charge in [0, 0.05) is 17.3 Å². The van der Waals surface area contributed by atoms with E-state index in [1.54, 1.807) is 4.57 Å². The zero-order chi connectivity index (χ0) is 18.1. The zero-order valence-corrected chi connectivity index (χ0v) is 14.9. The fourth-order valence-electron chi connectivity index (χ4n) is 3.02. The summed E-state index contributed by atoms with van der Waals surface area (Å²) in [5.41, 5.74) is 2.77. The van der Waals surface area contributed by atoms with Crippen molar-refractivity contribution in [2.45, 2.75) is 13.5 Å². The van der Waals surface area contributed by atoms with E-state index in [0.29, 0.717) is 17.9 Å². The van der Waals surface area contributed by atoms with Crippen molar-refractivity contribution in [1.29, 1.82) is 0 Å². The van der Waals surface area contributed by atoms with E-state index in [0.717, 1.165) is 21.8 Å². The number of azo groups is 1. The first-order valence-corrected chi connectivity index (χ1v) is 8.72. The Hall–Kier alpha value is -3.12. The standard InChI is InChI=1S/C20H16N4OS/c1-2-24-17-10-6-4-8-14(17)18(20(24)25)22-23-19(26)16-12-11-13-7-3-5-9-15(13)21-16/h3-12,25H,2H2,1H3. The molecule has 2 heterocycles. The first-order chi connectivity index (χ1) is 12.7. The maximum Gasteiger partial charge on any atom is 0.220 e. The molecular weight excluding hydrogens is 344 g/mol. The Morgan fingerprint density at radius 2 is 1.85 bits per heavy atom. The number of aryl methyl sites for hydroxylation is 1. The number of nitrogens with zero attached hydrogens (tertiary/aromatic N) is 4. The Morgan fingerprint density at radius 1 is 1.08 bits per heavy atom. The van der Waals surface area contributed by atoms with Crippen LogP contribution in [0.4, 0.5) is 5.69 Å². The highest BCUT2D eigenvalue weighted by molar-refractivity contribution is 7.80. The van der Waals surface area contributed by atoms with Crippen molar-refractivity contribution in [2.24, 2.45) is 10.2 Å². The number of hydrogen-bond donors (Lipinski definition) is 1. The van der Waals surface area contributed by atoms with E-state index in [9.17, 15) is 5.11 Å². The summed E-state index contributed by atoms with van der Waals surface area (Å²) in [6, 6.07) is 19.3. The van der Waals surface area contributed by atoms with Gasteiger partial charge in [-0.2, -0.15) is 0 Å². The van der Waals surface area contributed by atoms with Crippen LogP contribution >= 0.6 is 12.2 Å². The Balaban J connectivity index is 1.72. The van der Waals surface area contributed by atoms with Crippen LogP contribution in [0.5, 0.6) is 5.88 Å². The van der Waals surface area contributed by atoms with Gasteiger partial charge >= 0.3 is 0 Å². The quantitative estimate of drug-likeness (QED) is 0.394. The Morgan fingerprint density at radius 3 is 2.69 bits per heavy atom. The minimum absolute atomic E-state index is 0.0896. The van der Waals surface area contributed by atoms with Gasteiger partial charge in [0.25, 0.3) is 0 Å². The summed E-state index contributed by atoms with van der Waals surface area (Å²) >= 11 is 5.37. The third-order valence-corrected chi connectivity index (χ3v) is 4.58. The first-order valence-electron chi connectivity index (χ1n) is 8.31. The Kier molecular flexibility index (Phi) is 4.18. The molecule has 0 atom stereocenters. The number of aromatic nitrogens is 2. The zero-order valence-electron chi connectivity index (χ0n) is 14.1. The monoisotopic (exact) mass is 360 g/mol. The van der Waals surface area contributed by atoms with Crippen LogP contribution in [0.3, 0.4) is 0 Å². The topological polar surface area (TPSA) is 62.8 Å². The number of thiocarbonyl (C=S) groups is 1. The van der Waals surface area contributed by atoms with Crippen LogP contribution in [-0.2, 0) is 6.54 Å². The molecule has 0 bridgehead atoms. The second-order valence-corrected chi connectivity index (χ2v) is 6.21. The Bertz CT molecular complexity index is 1160. The number of benzene rings is 2. The van der Waals surface area contributed by atoms with Crippen molar-refractivity contribution in [3.05, 3.63) is 66.4 Å². The normalized spacial score (nSPS) is 11.6. The van der Waals surface area contributed by atoms with Crippen molar-refractivity contribution in [2.75, 3.05) is 0 Å². The van der Waals surface area contributed by atoms with Gasteiger partial charge in [0.2, 0.25) is 5.88 Å². The molecule has 6 heteroatoms. The highest BCUT2D eigenvalue weighted by Crippen LogP contribution is 2.38. The van der Waals surface area contributed by atoms with E-state index in [-0.39, 0.29) is 10.9 Å². The molecule has 0 aliphatic rings. The summed E-state index contributed by atoms with van der Waals surface area (Å²) in [5.74, 6) is 0.0896. The molecule has 4 aromatic rings. The van der Waals surface area contributed by atoms with E-state index < -0.39 is 0 Å². The summed E-state index contributed by atoms with van der Waals surface area (Å²) in [6.07, 6.45) is 0. The molecule has 0 radical (unpaired) electrons. The molecule has 2 aromatic carbocycles. The van der Waals surface area contributed by atoms with Crippen LogP contribution in [0.15, 0.2) is 70.9 Å². The molecule has 0 aliphatic heterocycles. The summed E-state index contributed by atoms with van der Waals surface area (Å²) < 4.78 is 1.79. The number of hydrogen-bond acceptors (Lipinski definition) is 4. The highest BCUT2D eigenvalue weighted by atomic mass is 32.1. The van der Waals surface area contributed by atoms with Crippen LogP contribution in [0, 0.1) is 0 Å². The predicted octanol–water partition coefficient (Wildman–Crippen LogP) is 5.37. The van der Waals surface area contributed by atoms with E-state index in [1.165, 1.54) is 0 Å². The van der Waals surface area contributed by atoms with Gasteiger partial charge in [0.1, 0.15) is 5.69 Å². The van der Waals surface area contributed by atoms with Gasteiger partial charge in [0.15, 0.2) is 10.7 Å². The fourth-order valence-corrected chi connectivity index (χ4v) is 3.18. The van der Waals surface area contributed by atoms with Crippen molar-refractivity contribution in [3.63, 3.8) is 0 Å². The summed E-state index contributed by atoms with van der Waals surface area (Å²) in [6.45, 7) is 2.61. The fraction of sp³-hybridized carbons (Fsp3) is 0.100. The predicted molar refractivity (Wildman–Crippen MR) is 107 cm³/mol.